The maximum atomic E-state index is 12.6. The second-order valence-corrected chi connectivity index (χ2v) is 7.55. The van der Waals surface area contributed by atoms with E-state index in [0.29, 0.717) is 32.5 Å². The number of hydrogen-bond acceptors (Lipinski definition) is 3. The number of para-hydroxylation sites is 1. The molecule has 5 heteroatoms. The largest absolute Gasteiger partial charge is 0.489 e. The molecule has 0 aromatic heterocycles. The zero-order valence-electron chi connectivity index (χ0n) is 16.6. The van der Waals surface area contributed by atoms with E-state index in [2.05, 4.69) is 12.2 Å². The Morgan fingerprint density at radius 1 is 1.14 bits per heavy atom. The molecule has 2 aromatic rings. The molecule has 1 fully saturated rings. The average molecular weight is 383 g/mol. The number of urea groups is 1. The van der Waals surface area contributed by atoms with Crippen LogP contribution in [0.1, 0.15) is 44.6 Å². The topological polar surface area (TPSA) is 61.8 Å². The van der Waals surface area contributed by atoms with Crippen molar-refractivity contribution in [2.45, 2.75) is 51.2 Å². The van der Waals surface area contributed by atoms with Crippen LogP contribution in [0.4, 0.5) is 10.5 Å². The number of nitrogens with zero attached hydrogens (tertiary/aromatic N) is 1. The number of unbranched alkanes of at least 4 members (excludes halogenated alkanes) is 1. The van der Waals surface area contributed by atoms with Gasteiger partial charge in [-0.3, -0.25) is 0 Å². The second kappa shape index (κ2) is 9.60. The fourth-order valence-corrected chi connectivity index (χ4v) is 3.51. The predicted octanol–water partition coefficient (Wildman–Crippen LogP) is 4.81. The first-order valence-electron chi connectivity index (χ1n) is 10.1. The summed E-state index contributed by atoms with van der Waals surface area (Å²) in [7, 11) is 0. The molecule has 28 heavy (non-hydrogen) atoms. The number of hydrogen-bond donors (Lipinski definition) is 2. The molecule has 3 rings (SSSR count). The normalized spacial score (nSPS) is 15.9. The van der Waals surface area contributed by atoms with E-state index < -0.39 is 5.60 Å². The van der Waals surface area contributed by atoms with Gasteiger partial charge in [-0.25, -0.2) is 4.79 Å². The molecule has 0 unspecified atom stereocenters. The van der Waals surface area contributed by atoms with Gasteiger partial charge in [0.2, 0.25) is 0 Å². The van der Waals surface area contributed by atoms with Crippen LogP contribution in [-0.2, 0) is 6.61 Å². The molecule has 0 saturated carbocycles. The Hall–Kier alpha value is -2.53. The summed E-state index contributed by atoms with van der Waals surface area (Å²) in [5.74, 6) is 0.820. The van der Waals surface area contributed by atoms with E-state index in [-0.39, 0.29) is 6.03 Å². The standard InChI is InChI=1S/C23H30N2O3/c1-2-3-12-23(27)13-15-25(16-14-23)22(26)24-20-9-7-8-19(17-20)18-28-21-10-5-4-6-11-21/h4-11,17,27H,2-3,12-16,18H2,1H3,(H,24,26). The van der Waals surface area contributed by atoms with E-state index in [0.717, 1.165) is 36.3 Å². The molecule has 5 nitrogen and oxygen atoms in total. The Labute approximate surface area is 167 Å². The number of likely N-dealkylation sites (tertiary alicyclic amines) is 1. The lowest BCUT2D eigenvalue weighted by molar-refractivity contribution is -0.0194. The molecule has 150 valence electrons. The van der Waals surface area contributed by atoms with E-state index in [1.54, 1.807) is 4.90 Å². The minimum atomic E-state index is -0.610. The quantitative estimate of drug-likeness (QED) is 0.722. The van der Waals surface area contributed by atoms with Gasteiger partial charge in [-0.15, -0.1) is 0 Å². The van der Waals surface area contributed by atoms with Crippen LogP contribution in [0.15, 0.2) is 54.6 Å². The Morgan fingerprint density at radius 3 is 2.61 bits per heavy atom. The van der Waals surface area contributed by atoms with E-state index in [1.807, 2.05) is 54.6 Å². The van der Waals surface area contributed by atoms with Gasteiger partial charge in [0, 0.05) is 18.8 Å². The fraction of sp³-hybridized carbons (Fsp3) is 0.435. The lowest BCUT2D eigenvalue weighted by atomic mass is 9.87. The van der Waals surface area contributed by atoms with Crippen molar-refractivity contribution in [1.29, 1.82) is 0 Å². The maximum absolute atomic E-state index is 12.6. The van der Waals surface area contributed by atoms with E-state index in [4.69, 9.17) is 4.74 Å². The average Bonchev–Trinajstić information content (AvgIpc) is 2.72. The number of piperidine rings is 1. The molecule has 1 heterocycles. The zero-order valence-corrected chi connectivity index (χ0v) is 16.6. The smallest absolute Gasteiger partial charge is 0.321 e. The molecule has 2 amide bonds. The molecule has 1 aliphatic rings. The van der Waals surface area contributed by atoms with Gasteiger partial charge in [0.1, 0.15) is 12.4 Å². The molecule has 0 spiro atoms. The SMILES string of the molecule is CCCCC1(O)CCN(C(=O)Nc2cccc(COc3ccccc3)c2)CC1. The minimum absolute atomic E-state index is 0.112. The van der Waals surface area contributed by atoms with Gasteiger partial charge in [0.25, 0.3) is 0 Å². The van der Waals surface area contributed by atoms with Gasteiger partial charge < -0.3 is 20.1 Å². The van der Waals surface area contributed by atoms with Gasteiger partial charge >= 0.3 is 6.03 Å². The lowest BCUT2D eigenvalue weighted by Gasteiger charge is -2.38. The van der Waals surface area contributed by atoms with Crippen molar-refractivity contribution in [3.8, 4) is 5.75 Å². The Balaban J connectivity index is 1.50. The van der Waals surface area contributed by atoms with Crippen molar-refractivity contribution in [1.82, 2.24) is 4.90 Å². The molecule has 1 saturated heterocycles. The van der Waals surface area contributed by atoms with Crippen molar-refractivity contribution < 1.29 is 14.6 Å². The highest BCUT2D eigenvalue weighted by Gasteiger charge is 2.33. The van der Waals surface area contributed by atoms with Gasteiger partial charge in [0.05, 0.1) is 5.60 Å². The number of benzene rings is 2. The Kier molecular flexibility index (Phi) is 6.93. The third-order valence-corrected chi connectivity index (χ3v) is 5.30. The predicted molar refractivity (Wildman–Crippen MR) is 112 cm³/mol. The van der Waals surface area contributed by atoms with Crippen LogP contribution in [0.2, 0.25) is 0 Å². The summed E-state index contributed by atoms with van der Waals surface area (Å²) in [6.07, 6.45) is 4.22. The molecule has 0 aliphatic carbocycles. The van der Waals surface area contributed by atoms with Crippen LogP contribution in [0.5, 0.6) is 5.75 Å². The van der Waals surface area contributed by atoms with Crippen LogP contribution in [0, 0.1) is 0 Å². The maximum Gasteiger partial charge on any atom is 0.321 e. The van der Waals surface area contributed by atoms with Crippen molar-refractivity contribution in [3.05, 3.63) is 60.2 Å². The summed E-state index contributed by atoms with van der Waals surface area (Å²) < 4.78 is 5.77. The molecule has 1 aliphatic heterocycles. The number of aliphatic hydroxyl groups is 1. The van der Waals surface area contributed by atoms with E-state index in [9.17, 15) is 9.90 Å². The van der Waals surface area contributed by atoms with Crippen LogP contribution in [-0.4, -0.2) is 34.7 Å². The summed E-state index contributed by atoms with van der Waals surface area (Å²) in [6, 6.07) is 17.3. The van der Waals surface area contributed by atoms with E-state index >= 15 is 0 Å². The summed E-state index contributed by atoms with van der Waals surface area (Å²) in [6.45, 7) is 3.75. The first kappa shape index (κ1) is 20.2. The van der Waals surface area contributed by atoms with Crippen LogP contribution < -0.4 is 10.1 Å². The highest BCUT2D eigenvalue weighted by atomic mass is 16.5. The van der Waals surface area contributed by atoms with Gasteiger partial charge in [-0.2, -0.15) is 0 Å². The Morgan fingerprint density at radius 2 is 1.89 bits per heavy atom. The third kappa shape index (κ3) is 5.73. The molecular formula is C23H30N2O3. The number of ether oxygens (including phenoxy) is 1. The summed E-state index contributed by atoms with van der Waals surface area (Å²) in [4.78, 5) is 14.4. The minimum Gasteiger partial charge on any atom is -0.489 e. The fourth-order valence-electron chi connectivity index (χ4n) is 3.51. The number of rotatable bonds is 7. The van der Waals surface area contributed by atoms with Crippen LogP contribution in [0.3, 0.4) is 0 Å². The van der Waals surface area contributed by atoms with Crippen LogP contribution in [0.25, 0.3) is 0 Å². The third-order valence-electron chi connectivity index (χ3n) is 5.30. The number of anilines is 1. The van der Waals surface area contributed by atoms with Gasteiger partial charge in [-0.05, 0) is 49.1 Å². The number of nitrogens with one attached hydrogen (secondary N) is 1. The second-order valence-electron chi connectivity index (χ2n) is 7.55. The lowest BCUT2D eigenvalue weighted by Crippen LogP contribution is -2.48. The van der Waals surface area contributed by atoms with Crippen molar-refractivity contribution in [3.63, 3.8) is 0 Å². The van der Waals surface area contributed by atoms with E-state index in [1.165, 1.54) is 0 Å². The summed E-state index contributed by atoms with van der Waals surface area (Å²) >= 11 is 0. The molecule has 0 bridgehead atoms. The molecule has 2 aromatic carbocycles. The number of amides is 2. The Bertz CT molecular complexity index is 755. The number of carbonyl (C=O) groups is 1. The van der Waals surface area contributed by atoms with Crippen molar-refractivity contribution in [2.24, 2.45) is 0 Å². The summed E-state index contributed by atoms with van der Waals surface area (Å²) in [5, 5.41) is 13.6. The first-order valence-corrected chi connectivity index (χ1v) is 10.1. The van der Waals surface area contributed by atoms with Crippen LogP contribution >= 0.6 is 0 Å². The molecule has 0 atom stereocenters. The highest BCUT2D eigenvalue weighted by Crippen LogP contribution is 2.28. The van der Waals surface area contributed by atoms with Gasteiger partial charge in [0.15, 0.2) is 0 Å². The van der Waals surface area contributed by atoms with Crippen molar-refractivity contribution >= 4 is 11.7 Å². The first-order chi connectivity index (χ1) is 13.6. The monoisotopic (exact) mass is 382 g/mol. The highest BCUT2D eigenvalue weighted by molar-refractivity contribution is 5.89. The molecule has 0 radical (unpaired) electrons. The summed E-state index contributed by atoms with van der Waals surface area (Å²) in [5.41, 5.74) is 1.14. The zero-order chi connectivity index (χ0) is 19.8. The van der Waals surface area contributed by atoms with Gasteiger partial charge in [-0.1, -0.05) is 50.1 Å². The molecule has 2 N–H and O–H groups in total. The van der Waals surface area contributed by atoms with Crippen molar-refractivity contribution in [2.75, 3.05) is 18.4 Å². The number of carbonyl (C=O) groups excluding carboxylic acids is 1. The molecular weight excluding hydrogens is 352 g/mol.